The van der Waals surface area contributed by atoms with Crippen molar-refractivity contribution in [2.45, 2.75) is 0 Å². The van der Waals surface area contributed by atoms with E-state index in [2.05, 4.69) is 5.38 Å². The smallest absolute Gasteiger partial charge is 0.121 e. The van der Waals surface area contributed by atoms with Crippen molar-refractivity contribution >= 4 is 33.0 Å². The number of thiophene rings is 1. The Kier molecular flexibility index (Phi) is 1.95. The van der Waals surface area contributed by atoms with E-state index in [1.54, 1.807) is 7.11 Å². The first-order chi connectivity index (χ1) is 5.81. The van der Waals surface area contributed by atoms with Crippen LogP contribution in [-0.2, 0) is 0 Å². The van der Waals surface area contributed by atoms with Crippen LogP contribution in [0.25, 0.3) is 10.1 Å². The fourth-order valence-corrected chi connectivity index (χ4v) is 2.10. The topological polar surface area (TPSA) is 9.23 Å². The maximum atomic E-state index is 5.99. The largest absolute Gasteiger partial charge is 0.497 e. The van der Waals surface area contributed by atoms with E-state index in [1.165, 1.54) is 11.3 Å². The molecule has 0 unspecified atom stereocenters. The highest BCUT2D eigenvalue weighted by Crippen LogP contribution is 2.32. The van der Waals surface area contributed by atoms with Gasteiger partial charge < -0.3 is 4.74 Å². The third kappa shape index (κ3) is 1.17. The fourth-order valence-electron chi connectivity index (χ4n) is 1.07. The molecule has 1 heterocycles. The summed E-state index contributed by atoms with van der Waals surface area (Å²) in [5, 5.41) is 4.85. The van der Waals surface area contributed by atoms with Crippen molar-refractivity contribution in [2.75, 3.05) is 7.11 Å². The molecule has 1 radical (unpaired) electrons. The van der Waals surface area contributed by atoms with E-state index in [0.29, 0.717) is 0 Å². The normalized spacial score (nSPS) is 10.5. The van der Waals surface area contributed by atoms with Gasteiger partial charge in [-0.05, 0) is 17.5 Å². The minimum Gasteiger partial charge on any atom is -0.497 e. The molecule has 1 aromatic carbocycles. The van der Waals surface area contributed by atoms with E-state index in [1.807, 2.05) is 18.2 Å². The number of rotatable bonds is 1. The van der Waals surface area contributed by atoms with Gasteiger partial charge in [0.05, 0.1) is 16.8 Å². The van der Waals surface area contributed by atoms with Crippen LogP contribution in [0.15, 0.2) is 18.2 Å². The molecule has 0 aliphatic carbocycles. The van der Waals surface area contributed by atoms with Crippen LogP contribution >= 0.6 is 22.9 Å². The van der Waals surface area contributed by atoms with Crippen LogP contribution < -0.4 is 4.74 Å². The summed E-state index contributed by atoms with van der Waals surface area (Å²) in [4.78, 5) is 0. The highest BCUT2D eigenvalue weighted by Gasteiger charge is 2.02. The maximum absolute atomic E-state index is 5.99. The first-order valence-electron chi connectivity index (χ1n) is 3.44. The fraction of sp³-hybridized carbons (Fsp3) is 0.111. The summed E-state index contributed by atoms with van der Waals surface area (Å²) in [5.74, 6) is 0.791. The molecule has 0 bridgehead atoms. The Hall–Kier alpha value is -0.730. The van der Waals surface area contributed by atoms with Crippen molar-refractivity contribution in [2.24, 2.45) is 0 Å². The van der Waals surface area contributed by atoms with Crippen LogP contribution in [0.5, 0.6) is 5.75 Å². The average Bonchev–Trinajstić information content (AvgIpc) is 2.52. The second-order valence-corrected chi connectivity index (χ2v) is 3.65. The summed E-state index contributed by atoms with van der Waals surface area (Å²) in [7, 11) is 1.63. The molecular weight excluding hydrogens is 192 g/mol. The second kappa shape index (κ2) is 2.96. The minimum absolute atomic E-state index is 0.732. The quantitative estimate of drug-likeness (QED) is 0.681. The summed E-state index contributed by atoms with van der Waals surface area (Å²) >= 11 is 7.51. The first-order valence-corrected chi connectivity index (χ1v) is 4.64. The summed E-state index contributed by atoms with van der Waals surface area (Å²) in [6.45, 7) is 0. The molecule has 0 aliphatic heterocycles. The van der Waals surface area contributed by atoms with Crippen LogP contribution in [0, 0.1) is 5.38 Å². The predicted molar refractivity (Wildman–Crippen MR) is 52.2 cm³/mol. The highest BCUT2D eigenvalue weighted by molar-refractivity contribution is 7.17. The molecule has 0 saturated heterocycles. The molecule has 2 rings (SSSR count). The molecule has 61 valence electrons. The zero-order valence-corrected chi connectivity index (χ0v) is 8.00. The monoisotopic (exact) mass is 197 g/mol. The lowest BCUT2D eigenvalue weighted by Gasteiger charge is -2.00. The number of ether oxygens (including phenoxy) is 1. The van der Waals surface area contributed by atoms with Gasteiger partial charge in [0.25, 0.3) is 0 Å². The molecule has 2 aromatic rings. The number of fused-ring (bicyclic) bond motifs is 1. The maximum Gasteiger partial charge on any atom is 0.121 e. The van der Waals surface area contributed by atoms with Crippen LogP contribution in [0.2, 0.25) is 5.02 Å². The molecule has 0 aliphatic rings. The molecule has 1 nitrogen and oxygen atoms in total. The lowest BCUT2D eigenvalue weighted by molar-refractivity contribution is 0.415. The van der Waals surface area contributed by atoms with Crippen molar-refractivity contribution in [3.63, 3.8) is 0 Å². The van der Waals surface area contributed by atoms with Gasteiger partial charge in [0, 0.05) is 11.4 Å². The van der Waals surface area contributed by atoms with Gasteiger partial charge in [0.2, 0.25) is 0 Å². The van der Waals surface area contributed by atoms with E-state index in [9.17, 15) is 0 Å². The van der Waals surface area contributed by atoms with Crippen LogP contribution in [-0.4, -0.2) is 7.11 Å². The molecule has 0 N–H and O–H groups in total. The summed E-state index contributed by atoms with van der Waals surface area (Å²) in [6, 6.07) is 5.68. The molecule has 0 fully saturated rings. The molecular formula is C9H6ClOS. The molecule has 0 amide bonds. The molecule has 1 aromatic heterocycles. The molecule has 0 atom stereocenters. The van der Waals surface area contributed by atoms with Crippen LogP contribution in [0.3, 0.4) is 0 Å². The number of halogens is 1. The number of hydrogen-bond donors (Lipinski definition) is 0. The molecule has 0 saturated carbocycles. The Morgan fingerprint density at radius 2 is 2.33 bits per heavy atom. The second-order valence-electron chi connectivity index (χ2n) is 2.39. The molecule has 3 heteroatoms. The summed E-state index contributed by atoms with van der Waals surface area (Å²) < 4.78 is 6.15. The average molecular weight is 198 g/mol. The van der Waals surface area contributed by atoms with Crippen molar-refractivity contribution in [1.82, 2.24) is 0 Å². The van der Waals surface area contributed by atoms with E-state index in [-0.39, 0.29) is 0 Å². The summed E-state index contributed by atoms with van der Waals surface area (Å²) in [5.41, 5.74) is 0. The van der Waals surface area contributed by atoms with Crippen molar-refractivity contribution < 1.29 is 4.74 Å². The van der Waals surface area contributed by atoms with E-state index in [4.69, 9.17) is 16.3 Å². The first kappa shape index (κ1) is 7.90. The third-order valence-electron chi connectivity index (χ3n) is 1.66. The molecule has 12 heavy (non-hydrogen) atoms. The van der Waals surface area contributed by atoms with Gasteiger partial charge in [0.15, 0.2) is 0 Å². The van der Waals surface area contributed by atoms with E-state index >= 15 is 0 Å². The molecule has 0 spiro atoms. The highest BCUT2D eigenvalue weighted by atomic mass is 35.5. The zero-order chi connectivity index (χ0) is 8.55. The van der Waals surface area contributed by atoms with Gasteiger partial charge in [0.1, 0.15) is 5.75 Å². The predicted octanol–water partition coefficient (Wildman–Crippen LogP) is 3.36. The SMILES string of the molecule is COc1cc(Cl)c2s[c]cc2c1. The van der Waals surface area contributed by atoms with E-state index < -0.39 is 0 Å². The number of benzene rings is 1. The Labute approximate surface area is 79.5 Å². The van der Waals surface area contributed by atoms with Crippen molar-refractivity contribution in [1.29, 1.82) is 0 Å². The summed E-state index contributed by atoms with van der Waals surface area (Å²) in [6.07, 6.45) is 0. The lowest BCUT2D eigenvalue weighted by Crippen LogP contribution is -1.81. The van der Waals surface area contributed by atoms with Crippen molar-refractivity contribution in [3.05, 3.63) is 28.6 Å². The Balaban J connectivity index is 2.75. The van der Waals surface area contributed by atoms with Gasteiger partial charge in [-0.2, -0.15) is 0 Å². The lowest BCUT2D eigenvalue weighted by atomic mass is 10.2. The van der Waals surface area contributed by atoms with Crippen LogP contribution in [0.1, 0.15) is 0 Å². The standard InChI is InChI=1S/C9H6ClOS/c1-11-7-4-6-2-3-12-9(6)8(10)5-7/h2,4-5H,1H3. The minimum atomic E-state index is 0.732. The Morgan fingerprint density at radius 3 is 3.08 bits per heavy atom. The van der Waals surface area contributed by atoms with Gasteiger partial charge in [-0.15, -0.1) is 11.3 Å². The van der Waals surface area contributed by atoms with Gasteiger partial charge >= 0.3 is 0 Å². The Morgan fingerprint density at radius 1 is 1.50 bits per heavy atom. The van der Waals surface area contributed by atoms with Gasteiger partial charge in [-0.25, -0.2) is 0 Å². The van der Waals surface area contributed by atoms with Gasteiger partial charge in [-0.1, -0.05) is 11.6 Å². The third-order valence-corrected chi connectivity index (χ3v) is 2.96. The van der Waals surface area contributed by atoms with Crippen molar-refractivity contribution in [3.8, 4) is 5.75 Å². The number of hydrogen-bond acceptors (Lipinski definition) is 2. The zero-order valence-electron chi connectivity index (χ0n) is 6.43. The Bertz CT molecular complexity index is 408. The van der Waals surface area contributed by atoms with Gasteiger partial charge in [-0.3, -0.25) is 0 Å². The van der Waals surface area contributed by atoms with Crippen LogP contribution in [0.4, 0.5) is 0 Å². The number of methoxy groups -OCH3 is 1. The van der Waals surface area contributed by atoms with E-state index in [0.717, 1.165) is 20.9 Å².